The Bertz CT molecular complexity index is 104. The van der Waals surface area contributed by atoms with E-state index in [1.54, 1.807) is 0 Å². The zero-order valence-corrected chi connectivity index (χ0v) is 6.81. The highest BCUT2D eigenvalue weighted by Gasteiger charge is 2.10. The standard InChI is InChI=1S/C7H15NO2/c1-4-8-5-6(2)7(9)10-3/h6,8H,4-5H2,1-3H3/t6-/m0/s1. The van der Waals surface area contributed by atoms with Gasteiger partial charge in [-0.05, 0) is 6.54 Å². The molecule has 0 aliphatic heterocycles. The Morgan fingerprint density at radius 1 is 1.70 bits per heavy atom. The van der Waals surface area contributed by atoms with Crippen LogP contribution in [0.1, 0.15) is 13.8 Å². The van der Waals surface area contributed by atoms with Gasteiger partial charge in [0.2, 0.25) is 0 Å². The zero-order chi connectivity index (χ0) is 7.98. The predicted octanol–water partition coefficient (Wildman–Crippen LogP) is 0.405. The predicted molar refractivity (Wildman–Crippen MR) is 39.7 cm³/mol. The van der Waals surface area contributed by atoms with Gasteiger partial charge in [-0.2, -0.15) is 0 Å². The van der Waals surface area contributed by atoms with Crippen LogP contribution in [-0.4, -0.2) is 26.2 Å². The van der Waals surface area contributed by atoms with E-state index in [4.69, 9.17) is 0 Å². The fourth-order valence-corrected chi connectivity index (χ4v) is 0.645. The number of carbonyl (C=O) groups is 1. The lowest BCUT2D eigenvalue weighted by Crippen LogP contribution is -2.26. The van der Waals surface area contributed by atoms with Gasteiger partial charge < -0.3 is 10.1 Å². The maximum absolute atomic E-state index is 10.8. The highest BCUT2D eigenvalue weighted by atomic mass is 16.5. The van der Waals surface area contributed by atoms with E-state index in [-0.39, 0.29) is 11.9 Å². The molecule has 0 aromatic rings. The first-order chi connectivity index (χ1) is 4.72. The number of carbonyl (C=O) groups excluding carboxylic acids is 1. The van der Waals surface area contributed by atoms with Gasteiger partial charge in [-0.3, -0.25) is 4.79 Å². The monoisotopic (exact) mass is 145 g/mol. The average molecular weight is 145 g/mol. The smallest absolute Gasteiger partial charge is 0.309 e. The molecular weight excluding hydrogens is 130 g/mol. The Hall–Kier alpha value is -0.570. The SMILES string of the molecule is CCNC[C@H](C)C(=O)OC. The van der Waals surface area contributed by atoms with Crippen molar-refractivity contribution < 1.29 is 9.53 Å². The maximum Gasteiger partial charge on any atom is 0.309 e. The third-order valence-electron chi connectivity index (χ3n) is 1.30. The third-order valence-corrected chi connectivity index (χ3v) is 1.30. The van der Waals surface area contributed by atoms with Crippen LogP contribution in [0.3, 0.4) is 0 Å². The molecule has 60 valence electrons. The van der Waals surface area contributed by atoms with Crippen molar-refractivity contribution in [1.29, 1.82) is 0 Å². The second kappa shape index (κ2) is 5.23. The third kappa shape index (κ3) is 3.45. The largest absolute Gasteiger partial charge is 0.469 e. The van der Waals surface area contributed by atoms with Crippen LogP contribution >= 0.6 is 0 Å². The molecule has 0 heterocycles. The zero-order valence-electron chi connectivity index (χ0n) is 6.81. The summed E-state index contributed by atoms with van der Waals surface area (Å²) < 4.78 is 4.53. The van der Waals surface area contributed by atoms with Gasteiger partial charge in [0.05, 0.1) is 13.0 Å². The Labute approximate surface area is 61.8 Å². The molecule has 0 rings (SSSR count). The molecule has 1 atom stereocenters. The summed E-state index contributed by atoms with van der Waals surface area (Å²) in [6.07, 6.45) is 0. The van der Waals surface area contributed by atoms with Crippen LogP contribution in [0.25, 0.3) is 0 Å². The van der Waals surface area contributed by atoms with Crippen LogP contribution in [0.4, 0.5) is 0 Å². The van der Waals surface area contributed by atoms with Crippen LogP contribution in [0.5, 0.6) is 0 Å². The molecule has 0 radical (unpaired) electrons. The molecule has 0 saturated carbocycles. The fourth-order valence-electron chi connectivity index (χ4n) is 0.645. The van der Waals surface area contributed by atoms with Crippen molar-refractivity contribution in [2.45, 2.75) is 13.8 Å². The molecule has 0 saturated heterocycles. The van der Waals surface area contributed by atoms with E-state index in [2.05, 4.69) is 10.1 Å². The Balaban J connectivity index is 3.41. The van der Waals surface area contributed by atoms with Crippen LogP contribution in [0.2, 0.25) is 0 Å². The maximum atomic E-state index is 10.8. The molecule has 0 fully saturated rings. The van der Waals surface area contributed by atoms with Gasteiger partial charge in [-0.1, -0.05) is 13.8 Å². The molecule has 0 unspecified atom stereocenters. The molecule has 0 aromatic carbocycles. The summed E-state index contributed by atoms with van der Waals surface area (Å²) >= 11 is 0. The van der Waals surface area contributed by atoms with Crippen molar-refractivity contribution >= 4 is 5.97 Å². The minimum atomic E-state index is -0.152. The Kier molecular flexibility index (Phi) is 4.94. The number of rotatable bonds is 4. The van der Waals surface area contributed by atoms with Gasteiger partial charge in [0.25, 0.3) is 0 Å². The summed E-state index contributed by atoms with van der Waals surface area (Å²) in [7, 11) is 1.41. The number of esters is 1. The number of ether oxygens (including phenoxy) is 1. The van der Waals surface area contributed by atoms with Crippen molar-refractivity contribution in [2.75, 3.05) is 20.2 Å². The molecule has 10 heavy (non-hydrogen) atoms. The Morgan fingerprint density at radius 3 is 2.70 bits per heavy atom. The summed E-state index contributed by atoms with van der Waals surface area (Å²) in [5.74, 6) is -0.189. The van der Waals surface area contributed by atoms with E-state index in [0.717, 1.165) is 6.54 Å². The first-order valence-electron chi connectivity index (χ1n) is 3.50. The lowest BCUT2D eigenvalue weighted by atomic mass is 10.2. The number of methoxy groups -OCH3 is 1. The van der Waals surface area contributed by atoms with E-state index in [0.29, 0.717) is 6.54 Å². The van der Waals surface area contributed by atoms with E-state index in [1.165, 1.54) is 7.11 Å². The summed E-state index contributed by atoms with van der Waals surface area (Å²) in [6.45, 7) is 5.43. The van der Waals surface area contributed by atoms with Crippen LogP contribution < -0.4 is 5.32 Å². The van der Waals surface area contributed by atoms with Crippen LogP contribution in [0.15, 0.2) is 0 Å². The number of nitrogens with one attached hydrogen (secondary N) is 1. The van der Waals surface area contributed by atoms with E-state index in [1.807, 2.05) is 13.8 Å². The molecule has 0 amide bonds. The van der Waals surface area contributed by atoms with Crippen molar-refractivity contribution in [1.82, 2.24) is 5.32 Å². The van der Waals surface area contributed by atoms with Crippen molar-refractivity contribution in [2.24, 2.45) is 5.92 Å². The minimum absolute atomic E-state index is 0.0371. The number of hydrogen-bond donors (Lipinski definition) is 1. The average Bonchev–Trinajstić information content (AvgIpc) is 1.98. The van der Waals surface area contributed by atoms with Crippen molar-refractivity contribution in [3.8, 4) is 0 Å². The highest BCUT2D eigenvalue weighted by molar-refractivity contribution is 5.71. The topological polar surface area (TPSA) is 38.3 Å². The Morgan fingerprint density at radius 2 is 2.30 bits per heavy atom. The lowest BCUT2D eigenvalue weighted by molar-refractivity contribution is -0.144. The minimum Gasteiger partial charge on any atom is -0.469 e. The van der Waals surface area contributed by atoms with Crippen molar-refractivity contribution in [3.05, 3.63) is 0 Å². The number of hydrogen-bond acceptors (Lipinski definition) is 3. The molecule has 0 aromatic heterocycles. The first-order valence-corrected chi connectivity index (χ1v) is 3.50. The van der Waals surface area contributed by atoms with E-state index < -0.39 is 0 Å². The lowest BCUT2D eigenvalue weighted by Gasteiger charge is -2.07. The summed E-state index contributed by atoms with van der Waals surface area (Å²) in [5, 5.41) is 3.06. The molecular formula is C7H15NO2. The molecule has 3 heteroatoms. The second-order valence-corrected chi connectivity index (χ2v) is 2.23. The molecule has 1 N–H and O–H groups in total. The van der Waals surface area contributed by atoms with Gasteiger partial charge in [-0.15, -0.1) is 0 Å². The van der Waals surface area contributed by atoms with Gasteiger partial charge >= 0.3 is 5.97 Å². The van der Waals surface area contributed by atoms with Crippen LogP contribution in [0, 0.1) is 5.92 Å². The molecule has 0 spiro atoms. The normalized spacial score (nSPS) is 12.7. The van der Waals surface area contributed by atoms with Gasteiger partial charge in [-0.25, -0.2) is 0 Å². The second-order valence-electron chi connectivity index (χ2n) is 2.23. The highest BCUT2D eigenvalue weighted by Crippen LogP contribution is 1.94. The molecule has 0 aliphatic carbocycles. The van der Waals surface area contributed by atoms with Crippen molar-refractivity contribution in [3.63, 3.8) is 0 Å². The molecule has 0 bridgehead atoms. The van der Waals surface area contributed by atoms with E-state index >= 15 is 0 Å². The molecule has 0 aliphatic rings. The first kappa shape index (κ1) is 9.43. The van der Waals surface area contributed by atoms with Gasteiger partial charge in [0.1, 0.15) is 0 Å². The summed E-state index contributed by atoms with van der Waals surface area (Å²) in [6, 6.07) is 0. The summed E-state index contributed by atoms with van der Waals surface area (Å²) in [4.78, 5) is 10.8. The summed E-state index contributed by atoms with van der Waals surface area (Å²) in [5.41, 5.74) is 0. The quantitative estimate of drug-likeness (QED) is 0.582. The van der Waals surface area contributed by atoms with Crippen LogP contribution in [-0.2, 0) is 9.53 Å². The molecule has 3 nitrogen and oxygen atoms in total. The fraction of sp³-hybridized carbons (Fsp3) is 0.857. The van der Waals surface area contributed by atoms with Gasteiger partial charge in [0.15, 0.2) is 0 Å². The van der Waals surface area contributed by atoms with Gasteiger partial charge in [0, 0.05) is 6.54 Å². The van der Waals surface area contributed by atoms with E-state index in [9.17, 15) is 4.79 Å².